The Morgan fingerprint density at radius 3 is 2.68 bits per heavy atom. The molecule has 1 fully saturated rings. The number of benzene rings is 1. The summed E-state index contributed by atoms with van der Waals surface area (Å²) in [6.07, 6.45) is 0.508. The number of methoxy groups -OCH3 is 1. The average molecular weight is 527 g/mol. The van der Waals surface area contributed by atoms with Gasteiger partial charge in [0.05, 0.1) is 37.5 Å². The number of nitrogens with two attached hydrogens (primary N) is 1. The number of hydroxylamine groups is 2. The number of nitrogens with zero attached hydrogens (tertiary/aromatic N) is 3. The molecule has 38 heavy (non-hydrogen) atoms. The molecule has 13 nitrogen and oxygen atoms in total. The van der Waals surface area contributed by atoms with E-state index in [0.717, 1.165) is 28.9 Å². The summed E-state index contributed by atoms with van der Waals surface area (Å²) < 4.78 is 11.1. The van der Waals surface area contributed by atoms with Crippen molar-refractivity contribution in [3.8, 4) is 11.8 Å². The molecule has 0 bridgehead atoms. The molecule has 1 aromatic heterocycles. The van der Waals surface area contributed by atoms with Gasteiger partial charge >= 0.3 is 17.6 Å². The summed E-state index contributed by atoms with van der Waals surface area (Å²) in [5, 5.41) is 20.0. The fraction of sp³-hybridized carbons (Fsp3) is 0.320. The monoisotopic (exact) mass is 526 g/mol. The lowest BCUT2D eigenvalue weighted by Gasteiger charge is -2.18. The van der Waals surface area contributed by atoms with Gasteiger partial charge in [0, 0.05) is 31.2 Å². The van der Waals surface area contributed by atoms with Gasteiger partial charge in [-0.25, -0.2) is 14.4 Å². The second-order valence-corrected chi connectivity index (χ2v) is 7.94. The van der Waals surface area contributed by atoms with Crippen LogP contribution in [0.15, 0.2) is 53.5 Å². The molecule has 0 saturated carbocycles. The standard InChI is InChI=1S/C25H26N4O9/c1-36-22(33)11-10-20(32)29(38-24(34)16-7-3-2-4-8-16)12-6-5-9-17-14-28(25(35)27-23(17)26)21-13-18(31)19(15-30)37-21/h2-4,7-8,10-11,14,18-19,21,30-31H,6,12-13,15H2,1H3,(H2,26,27,35)/b11-10+/t18-,19+,21+/m0/s1. The molecule has 3 rings (SSSR count). The number of hydrogen-bond donors (Lipinski definition) is 3. The summed E-state index contributed by atoms with van der Waals surface area (Å²) in [5.41, 5.74) is 5.50. The van der Waals surface area contributed by atoms with Crippen LogP contribution in [-0.2, 0) is 23.9 Å². The number of aromatic nitrogens is 2. The van der Waals surface area contributed by atoms with Crippen LogP contribution in [0, 0.1) is 11.8 Å². The first-order valence-corrected chi connectivity index (χ1v) is 11.4. The van der Waals surface area contributed by atoms with Gasteiger partial charge in [0.1, 0.15) is 18.1 Å². The van der Waals surface area contributed by atoms with E-state index in [1.54, 1.807) is 18.2 Å². The molecule has 2 heterocycles. The van der Waals surface area contributed by atoms with Crippen molar-refractivity contribution in [3.05, 3.63) is 70.3 Å². The second kappa shape index (κ2) is 13.2. The van der Waals surface area contributed by atoms with Crippen molar-refractivity contribution in [3.63, 3.8) is 0 Å². The van der Waals surface area contributed by atoms with Crippen LogP contribution < -0.4 is 11.4 Å². The number of aliphatic hydroxyl groups is 2. The molecule has 0 unspecified atom stereocenters. The van der Waals surface area contributed by atoms with E-state index in [1.807, 2.05) is 0 Å². The molecular weight excluding hydrogens is 500 g/mol. The van der Waals surface area contributed by atoms with Gasteiger partial charge in [0.15, 0.2) is 0 Å². The molecule has 0 spiro atoms. The molecule has 1 saturated heterocycles. The number of ether oxygens (including phenoxy) is 2. The molecule has 1 aromatic carbocycles. The minimum atomic E-state index is -0.959. The minimum absolute atomic E-state index is 0.00364. The maximum atomic E-state index is 12.5. The van der Waals surface area contributed by atoms with E-state index in [4.69, 9.17) is 15.3 Å². The van der Waals surface area contributed by atoms with Gasteiger partial charge in [-0.1, -0.05) is 30.0 Å². The van der Waals surface area contributed by atoms with Gasteiger partial charge in [0.25, 0.3) is 5.91 Å². The molecular formula is C25H26N4O9. The highest BCUT2D eigenvalue weighted by Gasteiger charge is 2.35. The highest BCUT2D eigenvalue weighted by Crippen LogP contribution is 2.27. The van der Waals surface area contributed by atoms with E-state index in [-0.39, 0.29) is 36.3 Å². The van der Waals surface area contributed by atoms with Gasteiger partial charge < -0.3 is 30.3 Å². The number of anilines is 1. The van der Waals surface area contributed by atoms with Crippen LogP contribution in [0.4, 0.5) is 5.82 Å². The number of carbonyl (C=O) groups excluding carboxylic acids is 3. The fourth-order valence-electron chi connectivity index (χ4n) is 3.37. The van der Waals surface area contributed by atoms with E-state index >= 15 is 0 Å². The molecule has 1 aliphatic heterocycles. The third kappa shape index (κ3) is 7.26. The molecule has 4 N–H and O–H groups in total. The normalized spacial score (nSPS) is 18.4. The Hall–Kier alpha value is -4.51. The third-order valence-corrected chi connectivity index (χ3v) is 5.35. The Kier molecular flexibility index (Phi) is 9.72. The Morgan fingerprint density at radius 2 is 2.03 bits per heavy atom. The minimum Gasteiger partial charge on any atom is -0.466 e. The van der Waals surface area contributed by atoms with Crippen molar-refractivity contribution in [2.75, 3.05) is 26.0 Å². The molecule has 0 aliphatic carbocycles. The van der Waals surface area contributed by atoms with E-state index in [0.29, 0.717) is 0 Å². The number of aliphatic hydroxyl groups excluding tert-OH is 2. The lowest BCUT2D eigenvalue weighted by atomic mass is 10.2. The number of hydrogen-bond acceptors (Lipinski definition) is 11. The second-order valence-electron chi connectivity index (χ2n) is 7.94. The number of rotatable bonds is 7. The number of carbonyl (C=O) groups is 3. The van der Waals surface area contributed by atoms with Gasteiger partial charge in [-0.3, -0.25) is 9.36 Å². The van der Waals surface area contributed by atoms with Crippen LogP contribution in [0.2, 0.25) is 0 Å². The zero-order valence-corrected chi connectivity index (χ0v) is 20.4. The number of esters is 1. The van der Waals surface area contributed by atoms with Crippen LogP contribution >= 0.6 is 0 Å². The van der Waals surface area contributed by atoms with Gasteiger partial charge in [-0.2, -0.15) is 10.0 Å². The average Bonchev–Trinajstić information content (AvgIpc) is 3.30. The lowest BCUT2D eigenvalue weighted by Crippen LogP contribution is -2.33. The maximum absolute atomic E-state index is 12.5. The van der Waals surface area contributed by atoms with Crippen molar-refractivity contribution in [1.82, 2.24) is 14.6 Å². The Morgan fingerprint density at radius 1 is 1.29 bits per heavy atom. The van der Waals surface area contributed by atoms with Crippen molar-refractivity contribution >= 4 is 23.7 Å². The lowest BCUT2D eigenvalue weighted by molar-refractivity contribution is -0.161. The van der Waals surface area contributed by atoms with Crippen LogP contribution in [0.3, 0.4) is 0 Å². The predicted octanol–water partition coefficient (Wildman–Crippen LogP) is -0.462. The van der Waals surface area contributed by atoms with Gasteiger partial charge in [-0.15, -0.1) is 0 Å². The maximum Gasteiger partial charge on any atom is 0.363 e. The van der Waals surface area contributed by atoms with E-state index in [2.05, 4.69) is 21.6 Å². The Labute approximate surface area is 217 Å². The van der Waals surface area contributed by atoms with Crippen LogP contribution in [0.1, 0.15) is 35.0 Å². The smallest absolute Gasteiger partial charge is 0.363 e. The van der Waals surface area contributed by atoms with Crippen LogP contribution in [0.25, 0.3) is 0 Å². The van der Waals surface area contributed by atoms with E-state index in [1.165, 1.54) is 18.3 Å². The predicted molar refractivity (Wildman–Crippen MR) is 131 cm³/mol. The first-order chi connectivity index (χ1) is 18.2. The third-order valence-electron chi connectivity index (χ3n) is 5.35. The zero-order chi connectivity index (χ0) is 27.7. The van der Waals surface area contributed by atoms with Crippen molar-refractivity contribution < 1.29 is 38.9 Å². The molecule has 2 aromatic rings. The molecule has 1 aliphatic rings. The summed E-state index contributed by atoms with van der Waals surface area (Å²) in [6.45, 7) is -0.584. The number of nitrogen functional groups attached to an aromatic ring is 1. The quantitative estimate of drug-likeness (QED) is 0.184. The van der Waals surface area contributed by atoms with Crippen LogP contribution in [0.5, 0.6) is 0 Å². The van der Waals surface area contributed by atoms with Crippen LogP contribution in [-0.4, -0.2) is 75.1 Å². The topological polar surface area (TPSA) is 184 Å². The molecule has 1 amide bonds. The van der Waals surface area contributed by atoms with E-state index in [9.17, 15) is 29.4 Å². The summed E-state index contributed by atoms with van der Waals surface area (Å²) in [4.78, 5) is 57.6. The van der Waals surface area contributed by atoms with Gasteiger partial charge in [0.2, 0.25) is 0 Å². The first kappa shape index (κ1) is 28.1. The summed E-state index contributed by atoms with van der Waals surface area (Å²) in [5.74, 6) is 3.01. The van der Waals surface area contributed by atoms with E-state index < -0.39 is 48.6 Å². The van der Waals surface area contributed by atoms with Crippen molar-refractivity contribution in [2.45, 2.75) is 31.3 Å². The highest BCUT2D eigenvalue weighted by molar-refractivity contribution is 5.95. The highest BCUT2D eigenvalue weighted by atomic mass is 16.7. The molecule has 3 atom stereocenters. The Balaban J connectivity index is 1.74. The summed E-state index contributed by atoms with van der Waals surface area (Å²) in [7, 11) is 1.15. The Bertz CT molecular complexity index is 1310. The zero-order valence-electron chi connectivity index (χ0n) is 20.4. The largest absolute Gasteiger partial charge is 0.466 e. The summed E-state index contributed by atoms with van der Waals surface area (Å²) in [6, 6.07) is 7.99. The first-order valence-electron chi connectivity index (χ1n) is 11.4. The number of amides is 1. The SMILES string of the molecule is COC(=O)/C=C/C(=O)N(CCC#Cc1cn([C@H]2C[C@H](O)[C@@H](CO)O2)c(=O)nc1N)OC(=O)c1ccccc1. The van der Waals surface area contributed by atoms with Crippen molar-refractivity contribution in [2.24, 2.45) is 0 Å². The molecule has 0 radical (unpaired) electrons. The van der Waals surface area contributed by atoms with Gasteiger partial charge in [-0.05, 0) is 12.1 Å². The van der Waals surface area contributed by atoms with Crippen molar-refractivity contribution in [1.29, 1.82) is 0 Å². The fourth-order valence-corrected chi connectivity index (χ4v) is 3.37. The molecule has 13 heteroatoms. The molecule has 200 valence electrons. The summed E-state index contributed by atoms with van der Waals surface area (Å²) >= 11 is 0.